The van der Waals surface area contributed by atoms with Crippen molar-refractivity contribution >= 4 is 43.6 Å². The Morgan fingerprint density at radius 3 is 1.50 bits per heavy atom. The molecule has 0 amide bonds. The van der Waals surface area contributed by atoms with Crippen LogP contribution in [0.15, 0.2) is 122 Å². The largest absolute Gasteiger partial charge is 0.309 e. The maximum Gasteiger partial charge on any atom is 0.101 e. The van der Waals surface area contributed by atoms with Gasteiger partial charge in [0, 0.05) is 39.5 Å². The minimum atomic E-state index is 0.0152. The second-order valence-corrected chi connectivity index (χ2v) is 14.9. The van der Waals surface area contributed by atoms with Crippen LogP contribution in [0.1, 0.15) is 58.2 Å². The Morgan fingerprint density at radius 1 is 0.521 bits per heavy atom. The molecule has 0 bridgehead atoms. The van der Waals surface area contributed by atoms with E-state index in [9.17, 15) is 5.26 Å². The zero-order valence-corrected chi connectivity index (χ0v) is 28.3. The molecule has 4 nitrogen and oxygen atoms in total. The molecule has 8 rings (SSSR count). The standard InChI is InChI=1S/C44H38N4/c1-43(2,3)30-15-17-39-35(24-30)32-11-7-9-13-37(32)47(39)41-26-34(28-19-21-46-22-20-28)42(23-29(41)27-45)48-38-14-10-8-12-33(38)36-25-31(44(4,5)6)16-18-40(36)48/h7-26H,1-6H3. The van der Waals surface area contributed by atoms with Crippen LogP contribution in [0.5, 0.6) is 0 Å². The Kier molecular flexibility index (Phi) is 6.62. The number of hydrogen-bond donors (Lipinski definition) is 0. The van der Waals surface area contributed by atoms with Gasteiger partial charge in [0.05, 0.1) is 39.0 Å². The molecule has 0 spiro atoms. The first kappa shape index (κ1) is 29.7. The molecule has 5 aromatic carbocycles. The number of fused-ring (bicyclic) bond motifs is 6. The summed E-state index contributed by atoms with van der Waals surface area (Å²) in [4.78, 5) is 4.35. The monoisotopic (exact) mass is 622 g/mol. The number of pyridine rings is 1. The first-order chi connectivity index (χ1) is 23.0. The average molecular weight is 623 g/mol. The predicted molar refractivity (Wildman–Crippen MR) is 200 cm³/mol. The van der Waals surface area contributed by atoms with Gasteiger partial charge in [0.15, 0.2) is 0 Å². The molecular weight excluding hydrogens is 585 g/mol. The van der Waals surface area contributed by atoms with Gasteiger partial charge in [-0.05, 0) is 88.2 Å². The lowest BCUT2D eigenvalue weighted by molar-refractivity contribution is 0.591. The van der Waals surface area contributed by atoms with Crippen LogP contribution in [0.3, 0.4) is 0 Å². The van der Waals surface area contributed by atoms with E-state index < -0.39 is 0 Å². The summed E-state index contributed by atoms with van der Waals surface area (Å²) in [5.41, 5.74) is 11.5. The van der Waals surface area contributed by atoms with Crippen molar-refractivity contribution in [1.82, 2.24) is 14.1 Å². The zero-order chi connectivity index (χ0) is 33.4. The molecule has 0 fully saturated rings. The highest BCUT2D eigenvalue weighted by Gasteiger charge is 2.24. The molecule has 8 aromatic rings. The first-order valence-electron chi connectivity index (χ1n) is 16.6. The second kappa shape index (κ2) is 10.7. The van der Waals surface area contributed by atoms with E-state index in [2.05, 4.69) is 171 Å². The van der Waals surface area contributed by atoms with Crippen molar-refractivity contribution in [2.24, 2.45) is 0 Å². The fourth-order valence-corrected chi connectivity index (χ4v) is 7.20. The highest BCUT2D eigenvalue weighted by Crippen LogP contribution is 2.42. The number of aromatic nitrogens is 3. The summed E-state index contributed by atoms with van der Waals surface area (Å²) in [7, 11) is 0. The summed E-state index contributed by atoms with van der Waals surface area (Å²) < 4.78 is 4.60. The number of nitrogens with zero attached hydrogens (tertiary/aromatic N) is 4. The second-order valence-electron chi connectivity index (χ2n) is 14.9. The molecule has 3 heterocycles. The lowest BCUT2D eigenvalue weighted by atomic mass is 9.86. The van der Waals surface area contributed by atoms with Crippen LogP contribution >= 0.6 is 0 Å². The van der Waals surface area contributed by atoms with Crippen LogP contribution in [-0.2, 0) is 10.8 Å². The number of rotatable bonds is 3. The van der Waals surface area contributed by atoms with E-state index in [0.29, 0.717) is 5.56 Å². The molecule has 0 saturated heterocycles. The Hall–Kier alpha value is -5.66. The Bertz CT molecular complexity index is 2580. The summed E-state index contributed by atoms with van der Waals surface area (Å²) in [6.45, 7) is 13.5. The van der Waals surface area contributed by atoms with Crippen molar-refractivity contribution in [3.63, 3.8) is 0 Å². The summed E-state index contributed by atoms with van der Waals surface area (Å²) >= 11 is 0. The normalized spacial score (nSPS) is 12.4. The molecule has 0 aliphatic rings. The lowest BCUT2D eigenvalue weighted by Gasteiger charge is -2.21. The summed E-state index contributed by atoms with van der Waals surface area (Å²) in [6.07, 6.45) is 3.68. The van der Waals surface area contributed by atoms with Gasteiger partial charge < -0.3 is 9.13 Å². The van der Waals surface area contributed by atoms with Crippen LogP contribution < -0.4 is 0 Å². The third kappa shape index (κ3) is 4.61. The van der Waals surface area contributed by atoms with Crippen LogP contribution in [0.2, 0.25) is 0 Å². The van der Waals surface area contributed by atoms with Gasteiger partial charge in [-0.25, -0.2) is 0 Å². The van der Waals surface area contributed by atoms with Crippen molar-refractivity contribution < 1.29 is 0 Å². The number of para-hydroxylation sites is 2. The highest BCUT2D eigenvalue weighted by molar-refractivity contribution is 6.11. The third-order valence-electron chi connectivity index (χ3n) is 9.78. The SMILES string of the molecule is CC(C)(C)c1ccc2c(c1)c1ccccc1n2-c1cc(-c2ccncc2)c(-n2c3ccccc3c3cc(C(C)(C)C)ccc32)cc1C#N. The summed E-state index contributed by atoms with van der Waals surface area (Å²) in [5, 5.41) is 15.6. The number of hydrogen-bond acceptors (Lipinski definition) is 2. The van der Waals surface area contributed by atoms with Gasteiger partial charge >= 0.3 is 0 Å². The van der Waals surface area contributed by atoms with Gasteiger partial charge in [0.25, 0.3) is 0 Å². The van der Waals surface area contributed by atoms with E-state index in [0.717, 1.165) is 44.6 Å². The maximum atomic E-state index is 10.9. The molecule has 234 valence electrons. The van der Waals surface area contributed by atoms with E-state index in [1.165, 1.54) is 32.7 Å². The molecule has 0 N–H and O–H groups in total. The number of benzene rings is 5. The maximum absolute atomic E-state index is 10.9. The van der Waals surface area contributed by atoms with Crippen molar-refractivity contribution in [3.05, 3.63) is 138 Å². The van der Waals surface area contributed by atoms with Crippen LogP contribution in [0.25, 0.3) is 66.1 Å². The molecule has 4 heteroatoms. The topological polar surface area (TPSA) is 46.5 Å². The highest BCUT2D eigenvalue weighted by atomic mass is 15.0. The average Bonchev–Trinajstić information content (AvgIpc) is 3.59. The molecule has 0 aliphatic carbocycles. The molecule has 0 aliphatic heterocycles. The molecule has 48 heavy (non-hydrogen) atoms. The van der Waals surface area contributed by atoms with Gasteiger partial charge in [0.2, 0.25) is 0 Å². The van der Waals surface area contributed by atoms with E-state index in [1.54, 1.807) is 0 Å². The van der Waals surface area contributed by atoms with Crippen LogP contribution in [-0.4, -0.2) is 14.1 Å². The fraction of sp³-hybridized carbons (Fsp3) is 0.182. The van der Waals surface area contributed by atoms with Crippen LogP contribution in [0.4, 0.5) is 0 Å². The van der Waals surface area contributed by atoms with Crippen molar-refractivity contribution in [1.29, 1.82) is 5.26 Å². The molecular formula is C44H38N4. The molecule has 0 saturated carbocycles. The van der Waals surface area contributed by atoms with Gasteiger partial charge in [-0.1, -0.05) is 90.1 Å². The van der Waals surface area contributed by atoms with Crippen molar-refractivity contribution in [2.75, 3.05) is 0 Å². The lowest BCUT2D eigenvalue weighted by Crippen LogP contribution is -2.10. The minimum absolute atomic E-state index is 0.0152. The van der Waals surface area contributed by atoms with Crippen molar-refractivity contribution in [3.8, 4) is 28.6 Å². The number of nitriles is 1. The van der Waals surface area contributed by atoms with Gasteiger partial charge in [0.1, 0.15) is 6.07 Å². The first-order valence-corrected chi connectivity index (χ1v) is 16.6. The van der Waals surface area contributed by atoms with Crippen molar-refractivity contribution in [2.45, 2.75) is 52.4 Å². The Morgan fingerprint density at radius 2 is 1.00 bits per heavy atom. The predicted octanol–water partition coefficient (Wildman–Crippen LogP) is 11.4. The summed E-state index contributed by atoms with van der Waals surface area (Å²) in [5.74, 6) is 0. The minimum Gasteiger partial charge on any atom is -0.309 e. The third-order valence-corrected chi connectivity index (χ3v) is 9.78. The van der Waals surface area contributed by atoms with Crippen LogP contribution in [0, 0.1) is 11.3 Å². The van der Waals surface area contributed by atoms with E-state index in [-0.39, 0.29) is 10.8 Å². The van der Waals surface area contributed by atoms with Gasteiger partial charge in [-0.15, -0.1) is 0 Å². The van der Waals surface area contributed by atoms with Gasteiger partial charge in [-0.3, -0.25) is 4.98 Å². The van der Waals surface area contributed by atoms with Gasteiger partial charge in [-0.2, -0.15) is 5.26 Å². The Labute approximate surface area is 281 Å². The van der Waals surface area contributed by atoms with E-state index in [4.69, 9.17) is 0 Å². The molecule has 0 unspecified atom stereocenters. The molecule has 0 atom stereocenters. The zero-order valence-electron chi connectivity index (χ0n) is 28.3. The quantitative estimate of drug-likeness (QED) is 0.197. The summed E-state index contributed by atoms with van der Waals surface area (Å²) in [6, 6.07) is 41.7. The Balaban J connectivity index is 1.48. The van der Waals surface area contributed by atoms with E-state index in [1.807, 2.05) is 12.4 Å². The molecule has 0 radical (unpaired) electrons. The van der Waals surface area contributed by atoms with E-state index >= 15 is 0 Å². The molecule has 3 aromatic heterocycles. The smallest absolute Gasteiger partial charge is 0.101 e. The fourth-order valence-electron chi connectivity index (χ4n) is 7.20.